The van der Waals surface area contributed by atoms with Crippen LogP contribution < -0.4 is 9.47 Å². The van der Waals surface area contributed by atoms with E-state index in [1.807, 2.05) is 19.0 Å². The van der Waals surface area contributed by atoms with Crippen LogP contribution in [0.15, 0.2) is 34.3 Å². The second-order valence-electron chi connectivity index (χ2n) is 12.6. The van der Waals surface area contributed by atoms with Crippen molar-refractivity contribution < 1.29 is 27.6 Å². The Balaban J connectivity index is 1.29. The summed E-state index contributed by atoms with van der Waals surface area (Å²) in [5, 5.41) is 15.5. The minimum Gasteiger partial charge on any atom is -0.476 e. The Morgan fingerprint density at radius 3 is 2.60 bits per heavy atom. The third kappa shape index (κ3) is 5.60. The number of hydrogen-bond donors (Lipinski definition) is 0. The van der Waals surface area contributed by atoms with Crippen molar-refractivity contribution in [2.75, 3.05) is 20.7 Å². The molecule has 0 N–H and O–H groups in total. The van der Waals surface area contributed by atoms with Gasteiger partial charge in [0, 0.05) is 37.4 Å². The van der Waals surface area contributed by atoms with Crippen molar-refractivity contribution in [3.8, 4) is 35.1 Å². The molecule has 1 spiro atoms. The molecule has 0 aliphatic heterocycles. The molecule has 47 heavy (non-hydrogen) atoms. The van der Waals surface area contributed by atoms with E-state index in [2.05, 4.69) is 36.2 Å². The summed E-state index contributed by atoms with van der Waals surface area (Å²) in [5.74, 6) is -1.68. The molecule has 4 aromatic rings. The van der Waals surface area contributed by atoms with E-state index in [1.54, 1.807) is 17.7 Å². The van der Waals surface area contributed by atoms with Crippen molar-refractivity contribution in [3.05, 3.63) is 52.1 Å². The van der Waals surface area contributed by atoms with E-state index < -0.39 is 29.6 Å². The molecular formula is C32H30F2N8O4S. The third-order valence-corrected chi connectivity index (χ3v) is 10.0. The molecule has 0 radical (unpaired) electrons. The van der Waals surface area contributed by atoms with Gasteiger partial charge in [0.05, 0.1) is 41.2 Å². The molecule has 3 aliphatic carbocycles. The van der Waals surface area contributed by atoms with Crippen molar-refractivity contribution in [3.63, 3.8) is 0 Å². The summed E-state index contributed by atoms with van der Waals surface area (Å²) in [7, 11) is 3.76. The van der Waals surface area contributed by atoms with Crippen LogP contribution in [0.4, 0.5) is 13.8 Å². The molecule has 0 aromatic carbocycles. The van der Waals surface area contributed by atoms with Gasteiger partial charge in [0.2, 0.25) is 17.7 Å². The number of alkyl halides is 2. The first-order valence-electron chi connectivity index (χ1n) is 15.2. The molecule has 0 saturated heterocycles. The molecule has 15 heteroatoms. The van der Waals surface area contributed by atoms with Crippen LogP contribution in [-0.4, -0.2) is 69.2 Å². The van der Waals surface area contributed by atoms with Gasteiger partial charge in [-0.1, -0.05) is 5.16 Å². The predicted octanol–water partition coefficient (Wildman–Crippen LogP) is 5.82. The molecule has 4 aromatic heterocycles. The first kappa shape index (κ1) is 30.8. The van der Waals surface area contributed by atoms with Gasteiger partial charge in [-0.05, 0) is 44.1 Å². The van der Waals surface area contributed by atoms with Crippen molar-refractivity contribution in [1.82, 2.24) is 30.0 Å². The van der Waals surface area contributed by atoms with Crippen LogP contribution in [0.3, 0.4) is 0 Å². The standard InChI is InChI=1S/C32H30F2N8O4S/c1-42(2)18-38-29-21(10-35)25-22(47-29)6-4-8-31(25)7-3-5-20-26(41-46-27(20)31)28-39-23(44-16-30(15-43)13-32(33,34)14-30)9-24(40-28)45-19-11-36-17-37-12-19/h9,11-12,15,17-18H,3-8,13-14,16H2,1-2H3/t31-/m0/s1. The van der Waals surface area contributed by atoms with Gasteiger partial charge in [-0.25, -0.2) is 23.7 Å². The molecule has 7 rings (SSSR count). The number of nitriles is 1. The Morgan fingerprint density at radius 2 is 1.89 bits per heavy atom. The highest BCUT2D eigenvalue weighted by atomic mass is 32.1. The monoisotopic (exact) mass is 660 g/mol. The molecule has 242 valence electrons. The van der Waals surface area contributed by atoms with E-state index in [1.165, 1.54) is 24.8 Å². The quantitative estimate of drug-likeness (QED) is 0.121. The van der Waals surface area contributed by atoms with Crippen LogP contribution in [0.1, 0.15) is 65.9 Å². The molecule has 1 saturated carbocycles. The van der Waals surface area contributed by atoms with E-state index in [0.29, 0.717) is 40.5 Å². The summed E-state index contributed by atoms with van der Waals surface area (Å²) in [6, 6.07) is 3.84. The Morgan fingerprint density at radius 1 is 1.15 bits per heavy atom. The highest BCUT2D eigenvalue weighted by Crippen LogP contribution is 2.56. The average Bonchev–Trinajstić information content (AvgIpc) is 3.65. The summed E-state index contributed by atoms with van der Waals surface area (Å²) >= 11 is 1.55. The number of hydrogen-bond acceptors (Lipinski definition) is 12. The van der Waals surface area contributed by atoms with Crippen molar-refractivity contribution >= 4 is 29.0 Å². The van der Waals surface area contributed by atoms with Crippen LogP contribution in [0.25, 0.3) is 11.5 Å². The zero-order valence-corrected chi connectivity index (χ0v) is 26.5. The summed E-state index contributed by atoms with van der Waals surface area (Å²) in [6.45, 7) is -0.285. The lowest BCUT2D eigenvalue weighted by atomic mass is 9.63. The molecule has 0 unspecified atom stereocenters. The number of aliphatic imine (C=N–C) groups is 1. The SMILES string of the molecule is CN(C)C=Nc1sc2c(c1C#N)[C@@]1(CCC2)CCCc2c(-c3nc(OCC4(C=O)CC(F)(F)C4)cc(Oc4cncnc4)n3)noc21. The Labute approximate surface area is 272 Å². The van der Waals surface area contributed by atoms with Gasteiger partial charge in [0.25, 0.3) is 0 Å². The van der Waals surface area contributed by atoms with E-state index in [-0.39, 0.29) is 24.2 Å². The normalized spacial score (nSPS) is 20.6. The van der Waals surface area contributed by atoms with Crippen LogP contribution in [0, 0.1) is 16.7 Å². The molecule has 12 nitrogen and oxygen atoms in total. The zero-order chi connectivity index (χ0) is 32.8. The number of aromatic nitrogens is 5. The van der Waals surface area contributed by atoms with Crippen LogP contribution in [-0.2, 0) is 23.1 Å². The Bertz CT molecular complexity index is 1890. The number of nitrogens with zero attached hydrogens (tertiary/aromatic N) is 8. The average molecular weight is 661 g/mol. The van der Waals surface area contributed by atoms with Gasteiger partial charge in [-0.3, -0.25) is 0 Å². The maximum absolute atomic E-state index is 13.7. The van der Waals surface area contributed by atoms with Crippen molar-refractivity contribution in [2.24, 2.45) is 10.4 Å². The second kappa shape index (κ2) is 11.8. The predicted molar refractivity (Wildman–Crippen MR) is 165 cm³/mol. The first-order chi connectivity index (χ1) is 22.6. The maximum Gasteiger partial charge on any atom is 0.250 e. The van der Waals surface area contributed by atoms with Crippen LogP contribution in [0.2, 0.25) is 0 Å². The topological polar surface area (TPSA) is 153 Å². The molecule has 1 fully saturated rings. The minimum atomic E-state index is -2.91. The van der Waals surface area contributed by atoms with Crippen molar-refractivity contribution in [1.29, 1.82) is 5.26 Å². The number of thiophene rings is 1. The number of carbonyl (C=O) groups is 1. The second-order valence-corrected chi connectivity index (χ2v) is 13.6. The fourth-order valence-corrected chi connectivity index (χ4v) is 8.18. The molecular weight excluding hydrogens is 630 g/mol. The third-order valence-electron chi connectivity index (χ3n) is 8.85. The molecule has 0 bridgehead atoms. The lowest BCUT2D eigenvalue weighted by molar-refractivity contribution is -0.174. The number of rotatable bonds is 9. The molecule has 1 atom stereocenters. The van der Waals surface area contributed by atoms with Gasteiger partial charge >= 0.3 is 0 Å². The van der Waals surface area contributed by atoms with Gasteiger partial charge < -0.3 is 23.7 Å². The van der Waals surface area contributed by atoms with E-state index in [4.69, 9.17) is 14.0 Å². The maximum atomic E-state index is 13.7. The highest BCUT2D eigenvalue weighted by Gasteiger charge is 2.57. The summed E-state index contributed by atoms with van der Waals surface area (Å²) in [6.07, 6.45) is 10.1. The molecule has 3 aliphatic rings. The van der Waals surface area contributed by atoms with Crippen LogP contribution in [0.5, 0.6) is 17.5 Å². The van der Waals surface area contributed by atoms with Gasteiger partial charge in [-0.15, -0.1) is 11.3 Å². The van der Waals surface area contributed by atoms with Crippen LogP contribution >= 0.6 is 11.3 Å². The largest absolute Gasteiger partial charge is 0.476 e. The van der Waals surface area contributed by atoms with E-state index in [0.717, 1.165) is 48.1 Å². The number of aldehydes is 1. The number of carbonyl (C=O) groups excluding carboxylic acids is 1. The lowest BCUT2D eigenvalue weighted by Crippen LogP contribution is -2.50. The number of aryl methyl sites for hydroxylation is 1. The fraction of sp³-hybridized carbons (Fsp3) is 0.438. The van der Waals surface area contributed by atoms with E-state index >= 15 is 0 Å². The Kier molecular flexibility index (Phi) is 7.70. The first-order valence-corrected chi connectivity index (χ1v) is 16.0. The summed E-state index contributed by atoms with van der Waals surface area (Å²) < 4.78 is 45.3. The van der Waals surface area contributed by atoms with Crippen molar-refractivity contribution in [2.45, 2.75) is 62.7 Å². The Hall–Kier alpha value is -4.84. The highest BCUT2D eigenvalue weighted by molar-refractivity contribution is 7.16. The summed E-state index contributed by atoms with van der Waals surface area (Å²) in [5.41, 5.74) is 0.882. The smallest absolute Gasteiger partial charge is 0.250 e. The fourth-order valence-electron chi connectivity index (χ4n) is 6.95. The van der Waals surface area contributed by atoms with Gasteiger partial charge in [0.15, 0.2) is 23.0 Å². The zero-order valence-electron chi connectivity index (χ0n) is 25.7. The molecule has 0 amide bonds. The van der Waals surface area contributed by atoms with E-state index in [9.17, 15) is 18.8 Å². The number of fused-ring (bicyclic) bond motifs is 4. The summed E-state index contributed by atoms with van der Waals surface area (Å²) in [4.78, 5) is 36.4. The van der Waals surface area contributed by atoms with Gasteiger partial charge in [0.1, 0.15) is 30.3 Å². The molecule has 4 heterocycles. The lowest BCUT2D eigenvalue weighted by Gasteiger charge is -2.42. The van der Waals surface area contributed by atoms with Gasteiger partial charge in [-0.2, -0.15) is 15.2 Å². The number of ether oxygens (including phenoxy) is 2. The number of halogens is 2. The minimum absolute atomic E-state index is 0.0218.